The smallest absolute Gasteiger partial charge is 0.131 e. The molecule has 0 aliphatic heterocycles. The third kappa shape index (κ3) is 4.93. The first kappa shape index (κ1) is 23.7. The van der Waals surface area contributed by atoms with Crippen molar-refractivity contribution < 1.29 is 14.6 Å². The molecule has 0 spiro atoms. The molecule has 3 aliphatic carbocycles. The van der Waals surface area contributed by atoms with Crippen molar-refractivity contribution in [3.63, 3.8) is 0 Å². The number of aliphatic hydroxyl groups is 2. The Hall–Kier alpha value is -0.930. The standard InChI is InChI=1S/C27H43FO2/c1-18(11-16-25(30)26(3,4)28)22-14-15-23-21(9-7-17-27(22,23)5)13-12-20-8-6-10-24(29)19(20)2/h12-13,18,22-25,29-30H,2,6-11,14-17H2,1,3-5H3/b20-12-,21-13+/t18-,22-,23+,24+,25?,27-/m1/s1. The van der Waals surface area contributed by atoms with Gasteiger partial charge in [0, 0.05) is 0 Å². The van der Waals surface area contributed by atoms with Crippen LogP contribution in [0.2, 0.25) is 0 Å². The van der Waals surface area contributed by atoms with Crippen LogP contribution in [0.3, 0.4) is 0 Å². The van der Waals surface area contributed by atoms with Crippen molar-refractivity contribution in [2.24, 2.45) is 23.2 Å². The maximum absolute atomic E-state index is 14.0. The molecule has 3 heteroatoms. The second-order valence-corrected chi connectivity index (χ2v) is 11.1. The molecule has 1 unspecified atom stereocenters. The summed E-state index contributed by atoms with van der Waals surface area (Å²) in [6.07, 6.45) is 13.8. The van der Waals surface area contributed by atoms with Crippen LogP contribution in [-0.4, -0.2) is 28.1 Å². The summed E-state index contributed by atoms with van der Waals surface area (Å²) in [7, 11) is 0. The molecular formula is C27H43FO2. The lowest BCUT2D eigenvalue weighted by molar-refractivity contribution is 0.00301. The van der Waals surface area contributed by atoms with E-state index in [1.165, 1.54) is 51.5 Å². The van der Waals surface area contributed by atoms with E-state index in [1.807, 2.05) is 0 Å². The summed E-state index contributed by atoms with van der Waals surface area (Å²) in [5.74, 6) is 1.77. The van der Waals surface area contributed by atoms with Gasteiger partial charge in [0.1, 0.15) is 5.67 Å². The molecule has 3 saturated carbocycles. The van der Waals surface area contributed by atoms with Crippen LogP contribution < -0.4 is 0 Å². The van der Waals surface area contributed by atoms with Crippen LogP contribution in [0.5, 0.6) is 0 Å². The van der Waals surface area contributed by atoms with E-state index >= 15 is 0 Å². The Labute approximate surface area is 183 Å². The molecule has 3 rings (SSSR count). The summed E-state index contributed by atoms with van der Waals surface area (Å²) in [5.41, 5.74) is 2.49. The minimum absolute atomic E-state index is 0.307. The average molecular weight is 419 g/mol. The average Bonchev–Trinajstić information content (AvgIpc) is 3.03. The first-order valence-electron chi connectivity index (χ1n) is 12.2. The summed E-state index contributed by atoms with van der Waals surface area (Å²) in [5, 5.41) is 20.2. The number of hydrogen-bond acceptors (Lipinski definition) is 2. The number of hydrogen-bond donors (Lipinski definition) is 2. The zero-order valence-electron chi connectivity index (χ0n) is 19.6. The van der Waals surface area contributed by atoms with Gasteiger partial charge in [-0.05, 0) is 112 Å². The summed E-state index contributed by atoms with van der Waals surface area (Å²) >= 11 is 0. The molecule has 0 aromatic carbocycles. The molecule has 3 aliphatic rings. The molecule has 0 saturated heterocycles. The highest BCUT2D eigenvalue weighted by Crippen LogP contribution is 2.60. The second kappa shape index (κ2) is 9.28. The highest BCUT2D eigenvalue weighted by molar-refractivity contribution is 5.37. The Bertz CT molecular complexity index is 685. The van der Waals surface area contributed by atoms with Crippen LogP contribution in [0, 0.1) is 23.2 Å². The Morgan fingerprint density at radius 3 is 2.60 bits per heavy atom. The molecule has 170 valence electrons. The highest BCUT2D eigenvalue weighted by Gasteiger charge is 2.50. The van der Waals surface area contributed by atoms with Gasteiger partial charge < -0.3 is 10.2 Å². The summed E-state index contributed by atoms with van der Waals surface area (Å²) < 4.78 is 14.0. The highest BCUT2D eigenvalue weighted by atomic mass is 19.1. The van der Waals surface area contributed by atoms with Gasteiger partial charge in [0.2, 0.25) is 0 Å². The fourth-order valence-electron chi connectivity index (χ4n) is 6.61. The van der Waals surface area contributed by atoms with E-state index in [-0.39, 0.29) is 6.10 Å². The van der Waals surface area contributed by atoms with Crippen molar-refractivity contribution in [2.75, 3.05) is 0 Å². The maximum Gasteiger partial charge on any atom is 0.131 e. The second-order valence-electron chi connectivity index (χ2n) is 11.1. The molecule has 2 nitrogen and oxygen atoms in total. The van der Waals surface area contributed by atoms with Crippen LogP contribution in [0.4, 0.5) is 4.39 Å². The minimum atomic E-state index is -1.52. The summed E-state index contributed by atoms with van der Waals surface area (Å²) in [6.45, 7) is 11.8. The van der Waals surface area contributed by atoms with Crippen molar-refractivity contribution in [1.82, 2.24) is 0 Å². The van der Waals surface area contributed by atoms with E-state index < -0.39 is 11.8 Å². The zero-order valence-corrected chi connectivity index (χ0v) is 19.6. The quantitative estimate of drug-likeness (QED) is 0.505. The third-order valence-electron chi connectivity index (χ3n) is 8.65. The monoisotopic (exact) mass is 418 g/mol. The van der Waals surface area contributed by atoms with Gasteiger partial charge in [0.15, 0.2) is 0 Å². The lowest BCUT2D eigenvalue weighted by Crippen LogP contribution is -2.37. The van der Waals surface area contributed by atoms with Gasteiger partial charge in [0.05, 0.1) is 12.2 Å². The summed E-state index contributed by atoms with van der Waals surface area (Å²) in [6, 6.07) is 0. The molecule has 0 radical (unpaired) electrons. The molecule has 30 heavy (non-hydrogen) atoms. The first-order chi connectivity index (χ1) is 14.0. The van der Waals surface area contributed by atoms with Crippen molar-refractivity contribution >= 4 is 0 Å². The first-order valence-corrected chi connectivity index (χ1v) is 12.2. The topological polar surface area (TPSA) is 40.5 Å². The normalized spacial score (nSPS) is 37.4. The van der Waals surface area contributed by atoms with Gasteiger partial charge in [0.25, 0.3) is 0 Å². The Kier molecular flexibility index (Phi) is 7.34. The Morgan fingerprint density at radius 1 is 1.17 bits per heavy atom. The van der Waals surface area contributed by atoms with Crippen molar-refractivity contribution in [3.8, 4) is 0 Å². The molecule has 0 aromatic rings. The van der Waals surface area contributed by atoms with Crippen LogP contribution >= 0.6 is 0 Å². The van der Waals surface area contributed by atoms with Crippen molar-refractivity contribution in [1.29, 1.82) is 0 Å². The zero-order chi connectivity index (χ0) is 22.1. The number of alkyl halides is 1. The lowest BCUT2D eigenvalue weighted by Gasteiger charge is -2.44. The van der Waals surface area contributed by atoms with E-state index in [1.54, 1.807) is 5.57 Å². The molecule has 0 bridgehead atoms. The molecule has 0 amide bonds. The Morgan fingerprint density at radius 2 is 1.90 bits per heavy atom. The van der Waals surface area contributed by atoms with Crippen LogP contribution in [0.25, 0.3) is 0 Å². The van der Waals surface area contributed by atoms with E-state index in [0.717, 1.165) is 31.3 Å². The van der Waals surface area contributed by atoms with E-state index in [2.05, 4.69) is 32.6 Å². The van der Waals surface area contributed by atoms with E-state index in [4.69, 9.17) is 0 Å². The molecular weight excluding hydrogens is 375 g/mol. The van der Waals surface area contributed by atoms with E-state index in [9.17, 15) is 14.6 Å². The molecule has 3 fully saturated rings. The SMILES string of the molecule is C=C1/C(=C\C=C2/CCC[C@]3(C)[C@@H]([C@H](C)CCC(O)C(C)(C)F)CC[C@@H]23)CCC[C@@H]1O. The van der Waals surface area contributed by atoms with Crippen molar-refractivity contribution in [2.45, 2.75) is 110 Å². The van der Waals surface area contributed by atoms with Gasteiger partial charge in [-0.1, -0.05) is 38.2 Å². The van der Waals surface area contributed by atoms with Gasteiger partial charge in [-0.3, -0.25) is 0 Å². The summed E-state index contributed by atoms with van der Waals surface area (Å²) in [4.78, 5) is 0. The van der Waals surface area contributed by atoms with Crippen molar-refractivity contribution in [3.05, 3.63) is 35.5 Å². The van der Waals surface area contributed by atoms with Gasteiger partial charge in [-0.2, -0.15) is 0 Å². The molecule has 2 N–H and O–H groups in total. The third-order valence-corrected chi connectivity index (χ3v) is 8.65. The number of aliphatic hydroxyl groups excluding tert-OH is 2. The van der Waals surface area contributed by atoms with Gasteiger partial charge in [-0.15, -0.1) is 0 Å². The molecule has 0 heterocycles. The number of rotatable bonds is 6. The Balaban J connectivity index is 1.70. The number of allylic oxidation sites excluding steroid dienone is 3. The van der Waals surface area contributed by atoms with E-state index in [0.29, 0.717) is 29.6 Å². The predicted molar refractivity (Wildman–Crippen MR) is 123 cm³/mol. The minimum Gasteiger partial charge on any atom is -0.390 e. The van der Waals surface area contributed by atoms with Crippen LogP contribution in [-0.2, 0) is 0 Å². The largest absolute Gasteiger partial charge is 0.390 e. The van der Waals surface area contributed by atoms with Crippen LogP contribution in [0.1, 0.15) is 91.9 Å². The number of fused-ring (bicyclic) bond motifs is 1. The fourth-order valence-corrected chi connectivity index (χ4v) is 6.61. The number of halogens is 1. The van der Waals surface area contributed by atoms with Gasteiger partial charge >= 0.3 is 0 Å². The lowest BCUT2D eigenvalue weighted by atomic mass is 9.60. The fraction of sp³-hybridized carbons (Fsp3) is 0.778. The molecule has 6 atom stereocenters. The maximum atomic E-state index is 14.0. The molecule has 0 aromatic heterocycles. The predicted octanol–water partition coefficient (Wildman–Crippen LogP) is 6.68. The van der Waals surface area contributed by atoms with Gasteiger partial charge in [-0.25, -0.2) is 4.39 Å². The van der Waals surface area contributed by atoms with Crippen LogP contribution in [0.15, 0.2) is 35.5 Å².